The van der Waals surface area contributed by atoms with Gasteiger partial charge in [0.05, 0.1) is 17.7 Å². The Balaban J connectivity index is 1.89. The maximum atomic E-state index is 13.1. The molecular formula is C18H17FN2O5S. The summed E-state index contributed by atoms with van der Waals surface area (Å²) in [4.78, 5) is 24.7. The fraction of sp³-hybridized carbons (Fsp3) is 0.222. The molecule has 2 amide bonds. The predicted molar refractivity (Wildman–Crippen MR) is 95.1 cm³/mol. The molecule has 142 valence electrons. The second-order valence-corrected chi connectivity index (χ2v) is 7.71. The SMILES string of the molecule is COc1ccccc1NC(=O)[C@H]1CCC(=O)N1S(=O)(=O)c1ccc(F)cc1. The molecule has 9 heteroatoms. The van der Waals surface area contributed by atoms with Gasteiger partial charge in [0.2, 0.25) is 11.8 Å². The monoisotopic (exact) mass is 392 g/mol. The van der Waals surface area contributed by atoms with Crippen molar-refractivity contribution < 1.29 is 27.1 Å². The minimum absolute atomic E-state index is 0.0558. The normalized spacial score (nSPS) is 17.0. The van der Waals surface area contributed by atoms with Gasteiger partial charge in [0, 0.05) is 6.42 Å². The quantitative estimate of drug-likeness (QED) is 0.842. The van der Waals surface area contributed by atoms with Crippen molar-refractivity contribution in [1.29, 1.82) is 0 Å². The number of carbonyl (C=O) groups is 2. The molecule has 1 N–H and O–H groups in total. The maximum absolute atomic E-state index is 13.1. The van der Waals surface area contributed by atoms with Crippen molar-refractivity contribution in [2.45, 2.75) is 23.8 Å². The number of hydrogen-bond acceptors (Lipinski definition) is 5. The van der Waals surface area contributed by atoms with E-state index in [-0.39, 0.29) is 17.7 Å². The summed E-state index contributed by atoms with van der Waals surface area (Å²) in [7, 11) is -2.84. The molecule has 2 aromatic carbocycles. The second kappa shape index (κ2) is 7.36. The third kappa shape index (κ3) is 3.63. The molecule has 0 radical (unpaired) electrons. The Morgan fingerprint density at radius 2 is 1.85 bits per heavy atom. The van der Waals surface area contributed by atoms with Crippen molar-refractivity contribution in [3.8, 4) is 5.75 Å². The highest BCUT2D eigenvalue weighted by Crippen LogP contribution is 2.30. The van der Waals surface area contributed by atoms with Crippen LogP contribution in [0.15, 0.2) is 53.4 Å². The van der Waals surface area contributed by atoms with E-state index in [1.165, 1.54) is 7.11 Å². The average molecular weight is 392 g/mol. The Morgan fingerprint density at radius 1 is 1.19 bits per heavy atom. The van der Waals surface area contributed by atoms with Gasteiger partial charge in [-0.05, 0) is 42.8 Å². The number of anilines is 1. The van der Waals surface area contributed by atoms with Crippen LogP contribution in [0.1, 0.15) is 12.8 Å². The van der Waals surface area contributed by atoms with Gasteiger partial charge in [-0.15, -0.1) is 0 Å². The molecule has 0 aromatic heterocycles. The Bertz CT molecular complexity index is 976. The van der Waals surface area contributed by atoms with Crippen molar-refractivity contribution >= 4 is 27.5 Å². The molecule has 0 spiro atoms. The molecule has 0 saturated carbocycles. The first-order valence-corrected chi connectivity index (χ1v) is 9.55. The molecule has 0 unspecified atom stereocenters. The number of nitrogens with zero attached hydrogens (tertiary/aromatic N) is 1. The molecule has 1 aliphatic heterocycles. The lowest BCUT2D eigenvalue weighted by atomic mass is 10.2. The van der Waals surface area contributed by atoms with Gasteiger partial charge in [-0.1, -0.05) is 12.1 Å². The molecule has 1 heterocycles. The summed E-state index contributed by atoms with van der Waals surface area (Å²) in [6.45, 7) is 0. The van der Waals surface area contributed by atoms with Crippen molar-refractivity contribution in [1.82, 2.24) is 4.31 Å². The zero-order chi connectivity index (χ0) is 19.6. The molecule has 7 nitrogen and oxygen atoms in total. The summed E-state index contributed by atoms with van der Waals surface area (Å²) in [6.07, 6.45) is -0.0231. The van der Waals surface area contributed by atoms with Crippen LogP contribution in [0.25, 0.3) is 0 Å². The molecule has 1 fully saturated rings. The summed E-state index contributed by atoms with van der Waals surface area (Å²) in [5, 5.41) is 2.60. The molecule has 0 aliphatic carbocycles. The highest BCUT2D eigenvalue weighted by Gasteiger charge is 2.44. The first kappa shape index (κ1) is 18.8. The molecule has 2 aromatic rings. The number of ether oxygens (including phenoxy) is 1. The summed E-state index contributed by atoms with van der Waals surface area (Å²) in [6, 6.07) is 9.54. The van der Waals surface area contributed by atoms with E-state index < -0.39 is 33.7 Å². The van der Waals surface area contributed by atoms with Crippen LogP contribution in [0, 0.1) is 5.82 Å². The highest BCUT2D eigenvalue weighted by atomic mass is 32.2. The van der Waals surface area contributed by atoms with Crippen LogP contribution >= 0.6 is 0 Å². The topological polar surface area (TPSA) is 92.8 Å². The van der Waals surface area contributed by atoms with Crippen LogP contribution < -0.4 is 10.1 Å². The van der Waals surface area contributed by atoms with Gasteiger partial charge in [0.1, 0.15) is 17.6 Å². The number of amides is 2. The van der Waals surface area contributed by atoms with Crippen molar-refractivity contribution in [3.05, 3.63) is 54.3 Å². The summed E-state index contributed by atoms with van der Waals surface area (Å²) >= 11 is 0. The van der Waals surface area contributed by atoms with E-state index in [9.17, 15) is 22.4 Å². The third-order valence-corrected chi connectivity index (χ3v) is 6.04. The molecule has 27 heavy (non-hydrogen) atoms. The summed E-state index contributed by atoms with van der Waals surface area (Å²) in [5.74, 6) is -1.52. The van der Waals surface area contributed by atoms with E-state index in [2.05, 4.69) is 5.32 Å². The van der Waals surface area contributed by atoms with E-state index >= 15 is 0 Å². The predicted octanol–water partition coefficient (Wildman–Crippen LogP) is 2.15. The van der Waals surface area contributed by atoms with Crippen molar-refractivity contribution in [2.24, 2.45) is 0 Å². The highest BCUT2D eigenvalue weighted by molar-refractivity contribution is 7.89. The number of methoxy groups -OCH3 is 1. The first-order chi connectivity index (χ1) is 12.8. The number of carbonyl (C=O) groups excluding carboxylic acids is 2. The van der Waals surface area contributed by atoms with Crippen LogP contribution in [-0.4, -0.2) is 37.7 Å². The van der Waals surface area contributed by atoms with E-state index in [0.717, 1.165) is 24.3 Å². The lowest BCUT2D eigenvalue weighted by molar-refractivity contribution is -0.128. The number of benzene rings is 2. The van der Waals surface area contributed by atoms with Crippen molar-refractivity contribution in [3.63, 3.8) is 0 Å². The number of sulfonamides is 1. The molecule has 3 rings (SSSR count). The fourth-order valence-corrected chi connectivity index (χ4v) is 4.49. The Kier molecular flexibility index (Phi) is 5.13. The lowest BCUT2D eigenvalue weighted by Crippen LogP contribution is -2.45. The third-order valence-electron chi connectivity index (χ3n) is 4.20. The van der Waals surface area contributed by atoms with E-state index in [0.29, 0.717) is 15.7 Å². The van der Waals surface area contributed by atoms with E-state index in [4.69, 9.17) is 4.74 Å². The summed E-state index contributed by atoms with van der Waals surface area (Å²) in [5.41, 5.74) is 0.364. The number of nitrogens with one attached hydrogen (secondary N) is 1. The Morgan fingerprint density at radius 3 is 2.52 bits per heavy atom. The van der Waals surface area contributed by atoms with Gasteiger partial charge < -0.3 is 10.1 Å². The molecule has 1 atom stereocenters. The number of halogens is 1. The first-order valence-electron chi connectivity index (χ1n) is 8.11. The average Bonchev–Trinajstić information content (AvgIpc) is 3.05. The number of hydrogen-bond donors (Lipinski definition) is 1. The summed E-state index contributed by atoms with van der Waals surface area (Å²) < 4.78 is 44.5. The van der Waals surface area contributed by atoms with Gasteiger partial charge in [-0.25, -0.2) is 17.1 Å². The van der Waals surface area contributed by atoms with Gasteiger partial charge in [-0.2, -0.15) is 0 Å². The van der Waals surface area contributed by atoms with Crippen LogP contribution in [0.2, 0.25) is 0 Å². The van der Waals surface area contributed by atoms with Gasteiger partial charge >= 0.3 is 0 Å². The molecule has 1 aliphatic rings. The number of rotatable bonds is 5. The molecule has 0 bridgehead atoms. The van der Waals surface area contributed by atoms with Crippen LogP contribution in [0.4, 0.5) is 10.1 Å². The van der Waals surface area contributed by atoms with E-state index in [1.807, 2.05) is 0 Å². The largest absolute Gasteiger partial charge is 0.495 e. The van der Waals surface area contributed by atoms with Gasteiger partial charge in [-0.3, -0.25) is 9.59 Å². The maximum Gasteiger partial charge on any atom is 0.267 e. The number of para-hydroxylation sites is 2. The van der Waals surface area contributed by atoms with Crippen LogP contribution in [0.5, 0.6) is 5.75 Å². The van der Waals surface area contributed by atoms with Crippen LogP contribution in [0.3, 0.4) is 0 Å². The van der Waals surface area contributed by atoms with Crippen LogP contribution in [-0.2, 0) is 19.6 Å². The molecule has 1 saturated heterocycles. The zero-order valence-corrected chi connectivity index (χ0v) is 15.2. The standard InChI is InChI=1S/C18H17FN2O5S/c1-26-16-5-3-2-4-14(16)20-18(23)15-10-11-17(22)21(15)27(24,25)13-8-6-12(19)7-9-13/h2-9,15H,10-11H2,1H3,(H,20,23)/t15-/m1/s1. The minimum atomic E-state index is -4.28. The Hall–Kier alpha value is -2.94. The van der Waals surface area contributed by atoms with E-state index in [1.54, 1.807) is 24.3 Å². The van der Waals surface area contributed by atoms with Gasteiger partial charge in [0.15, 0.2) is 0 Å². The zero-order valence-electron chi connectivity index (χ0n) is 14.4. The smallest absolute Gasteiger partial charge is 0.267 e. The minimum Gasteiger partial charge on any atom is -0.495 e. The van der Waals surface area contributed by atoms with Gasteiger partial charge in [0.25, 0.3) is 10.0 Å². The second-order valence-electron chi connectivity index (χ2n) is 5.89. The Labute approximate surface area is 155 Å². The fourth-order valence-electron chi connectivity index (χ4n) is 2.88. The lowest BCUT2D eigenvalue weighted by Gasteiger charge is -2.24. The molecular weight excluding hydrogens is 375 g/mol. The van der Waals surface area contributed by atoms with Crippen molar-refractivity contribution in [2.75, 3.05) is 12.4 Å².